The standard InChI is InChI=1S/C17H15N3O3/c1-2-23-17(22)16-14(11-3-5-13(21)6-4-11)15(19-20-16)12-7-9-18-10-8-12/h3-10,21H,2H2,1H3,(H,19,20). The van der Waals surface area contributed by atoms with Crippen molar-refractivity contribution >= 4 is 5.97 Å². The summed E-state index contributed by atoms with van der Waals surface area (Å²) in [6, 6.07) is 10.2. The summed E-state index contributed by atoms with van der Waals surface area (Å²) in [6.07, 6.45) is 3.32. The van der Waals surface area contributed by atoms with Gasteiger partial charge in [-0.15, -0.1) is 0 Å². The first-order chi connectivity index (χ1) is 11.2. The van der Waals surface area contributed by atoms with Gasteiger partial charge in [-0.25, -0.2) is 4.79 Å². The summed E-state index contributed by atoms with van der Waals surface area (Å²) >= 11 is 0. The molecule has 6 heteroatoms. The molecule has 0 saturated carbocycles. The van der Waals surface area contributed by atoms with E-state index in [-0.39, 0.29) is 18.1 Å². The quantitative estimate of drug-likeness (QED) is 0.723. The third-order valence-corrected chi connectivity index (χ3v) is 3.36. The zero-order valence-corrected chi connectivity index (χ0v) is 12.5. The lowest BCUT2D eigenvalue weighted by Gasteiger charge is -2.06. The molecule has 0 aliphatic carbocycles. The number of nitrogens with one attached hydrogen (secondary N) is 1. The van der Waals surface area contributed by atoms with Crippen LogP contribution in [0.2, 0.25) is 0 Å². The summed E-state index contributed by atoms with van der Waals surface area (Å²) in [5.41, 5.74) is 3.13. The number of carbonyl (C=O) groups is 1. The van der Waals surface area contributed by atoms with Gasteiger partial charge in [0.05, 0.1) is 6.61 Å². The lowest BCUT2D eigenvalue weighted by atomic mass is 9.99. The highest BCUT2D eigenvalue weighted by Crippen LogP contribution is 2.34. The molecule has 3 rings (SSSR count). The van der Waals surface area contributed by atoms with Crippen LogP contribution in [0.1, 0.15) is 17.4 Å². The minimum absolute atomic E-state index is 0.153. The lowest BCUT2D eigenvalue weighted by Crippen LogP contribution is -2.06. The first-order valence-electron chi connectivity index (χ1n) is 7.16. The molecule has 0 amide bonds. The van der Waals surface area contributed by atoms with Crippen molar-refractivity contribution in [2.75, 3.05) is 6.61 Å². The number of pyridine rings is 1. The number of rotatable bonds is 4. The molecule has 0 unspecified atom stereocenters. The van der Waals surface area contributed by atoms with Gasteiger partial charge in [-0.05, 0) is 36.8 Å². The number of aromatic hydroxyl groups is 1. The SMILES string of the molecule is CCOC(=O)c1[nH]nc(-c2ccncc2)c1-c1ccc(O)cc1. The van der Waals surface area contributed by atoms with E-state index in [0.29, 0.717) is 11.3 Å². The highest BCUT2D eigenvalue weighted by atomic mass is 16.5. The molecule has 3 aromatic rings. The Bertz CT molecular complexity index is 811. The lowest BCUT2D eigenvalue weighted by molar-refractivity contribution is 0.0520. The molecule has 0 bridgehead atoms. The van der Waals surface area contributed by atoms with Crippen LogP contribution in [-0.4, -0.2) is 32.9 Å². The van der Waals surface area contributed by atoms with Crippen molar-refractivity contribution in [2.24, 2.45) is 0 Å². The second kappa shape index (κ2) is 6.31. The molecule has 0 aliphatic heterocycles. The van der Waals surface area contributed by atoms with Gasteiger partial charge in [0, 0.05) is 23.5 Å². The molecular weight excluding hydrogens is 294 g/mol. The number of H-pyrrole nitrogens is 1. The maximum atomic E-state index is 12.2. The molecule has 116 valence electrons. The van der Waals surface area contributed by atoms with Crippen molar-refractivity contribution in [1.29, 1.82) is 0 Å². The fourth-order valence-corrected chi connectivity index (χ4v) is 2.32. The molecule has 2 heterocycles. The molecular formula is C17H15N3O3. The Hall–Kier alpha value is -3.15. The molecule has 0 radical (unpaired) electrons. The monoisotopic (exact) mass is 309 g/mol. The maximum absolute atomic E-state index is 12.2. The average Bonchev–Trinajstić information content (AvgIpc) is 3.01. The molecule has 0 saturated heterocycles. The van der Waals surface area contributed by atoms with Gasteiger partial charge in [0.25, 0.3) is 0 Å². The van der Waals surface area contributed by atoms with E-state index in [4.69, 9.17) is 4.74 Å². The number of hydrogen-bond acceptors (Lipinski definition) is 5. The first-order valence-corrected chi connectivity index (χ1v) is 7.16. The number of ether oxygens (including phenoxy) is 1. The van der Waals surface area contributed by atoms with Crippen LogP contribution in [0.3, 0.4) is 0 Å². The molecule has 2 aromatic heterocycles. The molecule has 6 nitrogen and oxygen atoms in total. The predicted octanol–water partition coefficient (Wildman–Crippen LogP) is 3.02. The van der Waals surface area contributed by atoms with Crippen molar-refractivity contribution in [3.63, 3.8) is 0 Å². The van der Waals surface area contributed by atoms with Gasteiger partial charge in [-0.3, -0.25) is 10.1 Å². The predicted molar refractivity (Wildman–Crippen MR) is 84.9 cm³/mol. The third-order valence-electron chi connectivity index (χ3n) is 3.36. The van der Waals surface area contributed by atoms with E-state index in [1.165, 1.54) is 0 Å². The molecule has 0 aliphatic rings. The largest absolute Gasteiger partial charge is 0.508 e. The fourth-order valence-electron chi connectivity index (χ4n) is 2.32. The van der Waals surface area contributed by atoms with E-state index in [1.54, 1.807) is 43.6 Å². The van der Waals surface area contributed by atoms with Crippen LogP contribution in [-0.2, 0) is 4.74 Å². The zero-order valence-electron chi connectivity index (χ0n) is 12.5. The summed E-state index contributed by atoms with van der Waals surface area (Å²) in [4.78, 5) is 16.2. The number of aromatic nitrogens is 3. The van der Waals surface area contributed by atoms with Crippen LogP contribution in [0.15, 0.2) is 48.8 Å². The minimum Gasteiger partial charge on any atom is -0.508 e. The number of nitrogens with zero attached hydrogens (tertiary/aromatic N) is 2. The van der Waals surface area contributed by atoms with Crippen LogP contribution in [0, 0.1) is 0 Å². The zero-order chi connectivity index (χ0) is 16.2. The van der Waals surface area contributed by atoms with Gasteiger partial charge < -0.3 is 9.84 Å². The Morgan fingerprint density at radius 1 is 1.13 bits per heavy atom. The average molecular weight is 309 g/mol. The third kappa shape index (κ3) is 2.91. The summed E-state index contributed by atoms with van der Waals surface area (Å²) < 4.78 is 5.09. The molecule has 1 aromatic carbocycles. The highest BCUT2D eigenvalue weighted by molar-refractivity contribution is 5.99. The number of hydrogen-bond donors (Lipinski definition) is 2. The van der Waals surface area contributed by atoms with Gasteiger partial charge in [0.1, 0.15) is 11.4 Å². The first kappa shape index (κ1) is 14.8. The van der Waals surface area contributed by atoms with Crippen molar-refractivity contribution in [1.82, 2.24) is 15.2 Å². The Balaban J connectivity index is 2.18. The Morgan fingerprint density at radius 3 is 2.48 bits per heavy atom. The van der Waals surface area contributed by atoms with Crippen molar-refractivity contribution in [2.45, 2.75) is 6.92 Å². The Kier molecular flexibility index (Phi) is 4.05. The van der Waals surface area contributed by atoms with Crippen LogP contribution in [0.4, 0.5) is 0 Å². The van der Waals surface area contributed by atoms with E-state index in [1.807, 2.05) is 12.1 Å². The van der Waals surface area contributed by atoms with E-state index in [9.17, 15) is 9.90 Å². The van der Waals surface area contributed by atoms with E-state index >= 15 is 0 Å². The van der Waals surface area contributed by atoms with Gasteiger partial charge in [0.2, 0.25) is 0 Å². The van der Waals surface area contributed by atoms with Crippen molar-refractivity contribution in [3.05, 3.63) is 54.5 Å². The summed E-state index contributed by atoms with van der Waals surface area (Å²) in [5.74, 6) is -0.316. The molecule has 0 spiro atoms. The number of carbonyl (C=O) groups excluding carboxylic acids is 1. The highest BCUT2D eigenvalue weighted by Gasteiger charge is 2.22. The molecule has 0 fully saturated rings. The van der Waals surface area contributed by atoms with Gasteiger partial charge in [-0.2, -0.15) is 5.10 Å². The smallest absolute Gasteiger partial charge is 0.357 e. The topological polar surface area (TPSA) is 88.1 Å². The number of phenols is 1. The van der Waals surface area contributed by atoms with E-state index < -0.39 is 5.97 Å². The maximum Gasteiger partial charge on any atom is 0.357 e. The molecule has 23 heavy (non-hydrogen) atoms. The normalized spacial score (nSPS) is 10.5. The summed E-state index contributed by atoms with van der Waals surface area (Å²) in [6.45, 7) is 2.02. The number of esters is 1. The van der Waals surface area contributed by atoms with Gasteiger partial charge >= 0.3 is 5.97 Å². The van der Waals surface area contributed by atoms with Crippen LogP contribution >= 0.6 is 0 Å². The van der Waals surface area contributed by atoms with Gasteiger partial charge in [0.15, 0.2) is 5.69 Å². The van der Waals surface area contributed by atoms with E-state index in [0.717, 1.165) is 11.1 Å². The summed E-state index contributed by atoms with van der Waals surface area (Å²) in [7, 11) is 0. The van der Waals surface area contributed by atoms with Crippen molar-refractivity contribution in [3.8, 4) is 28.1 Å². The van der Waals surface area contributed by atoms with Crippen LogP contribution in [0.25, 0.3) is 22.4 Å². The second-order valence-electron chi connectivity index (χ2n) is 4.83. The van der Waals surface area contributed by atoms with Crippen LogP contribution in [0.5, 0.6) is 5.75 Å². The Morgan fingerprint density at radius 2 is 1.83 bits per heavy atom. The van der Waals surface area contributed by atoms with Crippen LogP contribution < -0.4 is 0 Å². The minimum atomic E-state index is -0.469. The Labute approximate surface area is 132 Å². The van der Waals surface area contributed by atoms with E-state index in [2.05, 4.69) is 15.2 Å². The number of phenolic OH excluding ortho intramolecular Hbond substituents is 1. The number of benzene rings is 1. The molecule has 0 atom stereocenters. The molecule has 2 N–H and O–H groups in total. The number of aromatic amines is 1. The fraction of sp³-hybridized carbons (Fsp3) is 0.118. The van der Waals surface area contributed by atoms with Gasteiger partial charge in [-0.1, -0.05) is 12.1 Å². The van der Waals surface area contributed by atoms with Crippen molar-refractivity contribution < 1.29 is 14.6 Å². The summed E-state index contributed by atoms with van der Waals surface area (Å²) in [5, 5.41) is 16.5. The second-order valence-corrected chi connectivity index (χ2v) is 4.83.